The van der Waals surface area contributed by atoms with E-state index in [1.807, 2.05) is 35.2 Å². The molecule has 0 amide bonds. The van der Waals surface area contributed by atoms with Gasteiger partial charge in [-0.2, -0.15) is 4.57 Å². The number of carbonyl (C=O) groups excluding carboxylic acids is 1. The minimum atomic E-state index is 0. The van der Waals surface area contributed by atoms with Crippen molar-refractivity contribution in [3.05, 3.63) is 30.6 Å². The van der Waals surface area contributed by atoms with E-state index in [4.69, 9.17) is 0 Å². The monoisotopic (exact) mass is 347 g/mol. The van der Waals surface area contributed by atoms with E-state index in [2.05, 4.69) is 13.8 Å². The van der Waals surface area contributed by atoms with Gasteiger partial charge in [-0.05, 0) is 12.8 Å². The van der Waals surface area contributed by atoms with Crippen molar-refractivity contribution in [2.45, 2.75) is 52.0 Å². The highest BCUT2D eigenvalue weighted by Crippen LogP contribution is 2.11. The molecule has 0 aromatic carbocycles. The minimum Gasteiger partial charge on any atom is -1.00 e. The first-order chi connectivity index (χ1) is 7.79. The summed E-state index contributed by atoms with van der Waals surface area (Å²) in [5.74, 6) is 0.375. The van der Waals surface area contributed by atoms with Gasteiger partial charge in [0.1, 0.15) is 0 Å². The van der Waals surface area contributed by atoms with Gasteiger partial charge in [-0.25, -0.2) is 0 Å². The molecule has 2 nitrogen and oxygen atoms in total. The van der Waals surface area contributed by atoms with E-state index in [1.54, 1.807) is 0 Å². The number of halogens is 1. The van der Waals surface area contributed by atoms with Crippen molar-refractivity contribution in [3.8, 4) is 0 Å². The van der Waals surface area contributed by atoms with Gasteiger partial charge >= 0.3 is 0 Å². The number of hydrogen-bond donors (Lipinski definition) is 0. The van der Waals surface area contributed by atoms with Gasteiger partial charge in [-0.15, -0.1) is 0 Å². The van der Waals surface area contributed by atoms with E-state index < -0.39 is 0 Å². The largest absolute Gasteiger partial charge is 1.00 e. The second-order valence-electron chi connectivity index (χ2n) is 4.20. The second kappa shape index (κ2) is 9.57. The second-order valence-corrected chi connectivity index (χ2v) is 4.20. The van der Waals surface area contributed by atoms with Gasteiger partial charge in [0.05, 0.1) is 0 Å². The molecule has 1 aromatic heterocycles. The van der Waals surface area contributed by atoms with Crippen molar-refractivity contribution in [1.82, 2.24) is 0 Å². The molecule has 1 rings (SSSR count). The normalized spacial score (nSPS) is 11.6. The summed E-state index contributed by atoms with van der Waals surface area (Å²) in [5.41, 5.74) is 0. The van der Waals surface area contributed by atoms with Crippen LogP contribution >= 0.6 is 0 Å². The summed E-state index contributed by atoms with van der Waals surface area (Å²) < 4.78 is 2.04. The topological polar surface area (TPSA) is 20.9 Å². The van der Waals surface area contributed by atoms with Gasteiger partial charge in [0.15, 0.2) is 12.4 Å². The zero-order valence-electron chi connectivity index (χ0n) is 10.7. The maximum atomic E-state index is 12.1. The van der Waals surface area contributed by atoms with Crippen LogP contribution in [0.25, 0.3) is 0 Å². The first-order valence-corrected chi connectivity index (χ1v) is 6.28. The molecule has 17 heavy (non-hydrogen) atoms. The number of aromatic nitrogens is 1. The van der Waals surface area contributed by atoms with Crippen LogP contribution in [0.5, 0.6) is 0 Å². The molecule has 0 fully saturated rings. The van der Waals surface area contributed by atoms with E-state index in [9.17, 15) is 4.79 Å². The summed E-state index contributed by atoms with van der Waals surface area (Å²) in [7, 11) is 0. The van der Waals surface area contributed by atoms with Crippen molar-refractivity contribution in [2.75, 3.05) is 0 Å². The van der Waals surface area contributed by atoms with E-state index in [-0.39, 0.29) is 30.0 Å². The highest BCUT2D eigenvalue weighted by Gasteiger charge is 2.24. The summed E-state index contributed by atoms with van der Waals surface area (Å²) in [6, 6.07) is 5.99. The van der Waals surface area contributed by atoms with Gasteiger partial charge < -0.3 is 24.0 Å². The van der Waals surface area contributed by atoms with E-state index in [1.165, 1.54) is 0 Å². The Labute approximate surface area is 121 Å². The highest BCUT2D eigenvalue weighted by molar-refractivity contribution is 5.80. The smallest absolute Gasteiger partial charge is 0.216 e. The first kappa shape index (κ1) is 16.6. The van der Waals surface area contributed by atoms with Gasteiger partial charge in [-0.3, -0.25) is 4.79 Å². The van der Waals surface area contributed by atoms with Crippen molar-refractivity contribution in [3.63, 3.8) is 0 Å². The Kier molecular flexibility index (Phi) is 9.31. The molecule has 0 radical (unpaired) electrons. The average Bonchev–Trinajstić information content (AvgIpc) is 2.34. The van der Waals surface area contributed by atoms with Crippen LogP contribution in [0, 0.1) is 0 Å². The third-order valence-corrected chi connectivity index (χ3v) is 2.81. The van der Waals surface area contributed by atoms with E-state index >= 15 is 0 Å². The van der Waals surface area contributed by atoms with Crippen molar-refractivity contribution >= 4 is 5.78 Å². The Morgan fingerprint density at radius 3 is 2.29 bits per heavy atom. The number of nitrogens with zero attached hydrogens (tertiary/aromatic N) is 1. The fraction of sp³-hybridized carbons (Fsp3) is 0.571. The number of unbranched alkanes of at least 4 members (excludes halogenated alkanes) is 1. The number of Topliss-reactive ketones (excluding diaryl/α,β-unsaturated/α-hetero) is 1. The lowest BCUT2D eigenvalue weighted by atomic mass is 10.0. The molecule has 1 unspecified atom stereocenters. The summed E-state index contributed by atoms with van der Waals surface area (Å²) in [6.07, 6.45) is 8.77. The highest BCUT2D eigenvalue weighted by atomic mass is 127. The third-order valence-electron chi connectivity index (χ3n) is 2.81. The van der Waals surface area contributed by atoms with Crippen LogP contribution in [-0.4, -0.2) is 5.78 Å². The molecule has 0 saturated carbocycles. The van der Waals surface area contributed by atoms with Crippen LogP contribution in [0.1, 0.15) is 52.0 Å². The lowest BCUT2D eigenvalue weighted by molar-refractivity contribution is -0.709. The number of hydrogen-bond acceptors (Lipinski definition) is 1. The number of carbonyl (C=O) groups is 1. The molecule has 0 bridgehead atoms. The Bertz CT molecular complexity index is 313. The molecule has 0 spiro atoms. The molecular formula is C14H22INO. The van der Waals surface area contributed by atoms with Crippen LogP contribution in [0.15, 0.2) is 30.6 Å². The molecule has 1 atom stereocenters. The maximum Gasteiger partial charge on any atom is 0.216 e. The van der Waals surface area contributed by atoms with Crippen molar-refractivity contribution in [2.24, 2.45) is 0 Å². The lowest BCUT2D eigenvalue weighted by Gasteiger charge is -2.09. The number of pyridine rings is 1. The molecule has 0 aliphatic rings. The molecule has 1 heterocycles. The summed E-state index contributed by atoms with van der Waals surface area (Å²) in [6.45, 7) is 4.25. The summed E-state index contributed by atoms with van der Waals surface area (Å²) in [5, 5.41) is 0. The third kappa shape index (κ3) is 5.61. The predicted octanol–water partition coefficient (Wildman–Crippen LogP) is 0.0786. The predicted molar refractivity (Wildman–Crippen MR) is 65.1 cm³/mol. The molecule has 0 saturated heterocycles. The summed E-state index contributed by atoms with van der Waals surface area (Å²) >= 11 is 0. The standard InChI is InChI=1S/C14H22NO.HI/c1-3-5-10-14(16)13(9-4-2)15-11-7-6-8-12-15;/h6-8,11-13H,3-5,9-10H2,1-2H3;1H/q+1;/p-1. The van der Waals surface area contributed by atoms with Crippen LogP contribution in [0.2, 0.25) is 0 Å². The van der Waals surface area contributed by atoms with Gasteiger partial charge in [0.25, 0.3) is 0 Å². The zero-order chi connectivity index (χ0) is 11.8. The Morgan fingerprint density at radius 2 is 1.76 bits per heavy atom. The fourth-order valence-electron chi connectivity index (χ4n) is 1.89. The molecule has 3 heteroatoms. The van der Waals surface area contributed by atoms with E-state index in [0.717, 1.165) is 25.7 Å². The molecular weight excluding hydrogens is 325 g/mol. The average molecular weight is 347 g/mol. The fourth-order valence-corrected chi connectivity index (χ4v) is 1.89. The van der Waals surface area contributed by atoms with Gasteiger partial charge in [-0.1, -0.05) is 26.3 Å². The first-order valence-electron chi connectivity index (χ1n) is 6.28. The molecule has 1 aromatic rings. The van der Waals surface area contributed by atoms with Gasteiger partial charge in [0, 0.05) is 25.0 Å². The lowest BCUT2D eigenvalue weighted by Crippen LogP contribution is -3.00. The zero-order valence-corrected chi connectivity index (χ0v) is 12.9. The maximum absolute atomic E-state index is 12.1. The molecule has 0 N–H and O–H groups in total. The Hall–Kier alpha value is -0.450. The van der Waals surface area contributed by atoms with Gasteiger partial charge in [0.2, 0.25) is 11.8 Å². The molecule has 96 valence electrons. The molecule has 0 aliphatic heterocycles. The Balaban J connectivity index is 0.00000256. The molecule has 0 aliphatic carbocycles. The Morgan fingerprint density at radius 1 is 1.12 bits per heavy atom. The van der Waals surface area contributed by atoms with E-state index in [0.29, 0.717) is 12.2 Å². The number of rotatable bonds is 7. The summed E-state index contributed by atoms with van der Waals surface area (Å²) in [4.78, 5) is 12.1. The quantitative estimate of drug-likeness (QED) is 0.506. The minimum absolute atomic E-state index is 0. The van der Waals surface area contributed by atoms with Crippen molar-refractivity contribution < 1.29 is 33.3 Å². The van der Waals surface area contributed by atoms with Crippen molar-refractivity contribution in [1.29, 1.82) is 0 Å². The van der Waals surface area contributed by atoms with Crippen LogP contribution in [0.3, 0.4) is 0 Å². The SMILES string of the molecule is CCCCC(=O)C(CCC)[n+]1ccccc1.[I-]. The van der Waals surface area contributed by atoms with Crippen LogP contribution < -0.4 is 28.5 Å². The van der Waals surface area contributed by atoms with Crippen LogP contribution in [0.4, 0.5) is 0 Å². The van der Waals surface area contributed by atoms with Crippen LogP contribution in [-0.2, 0) is 4.79 Å². The number of ketones is 1.